The number of Topliss-reactive ketones (excluding diaryl/α,β-unsaturated/α-hetero) is 1. The number of quaternary nitrogens is 1. The van der Waals surface area contributed by atoms with Crippen LogP contribution in [0.2, 0.25) is 0 Å². The molecule has 3 rings (SSSR count). The number of H-pyrrole nitrogens is 1. The van der Waals surface area contributed by atoms with Crippen LogP contribution < -0.4 is 9.64 Å². The number of carbonyl (C=O) groups is 1. The van der Waals surface area contributed by atoms with Gasteiger partial charge in [0.15, 0.2) is 0 Å². The zero-order valence-corrected chi connectivity index (χ0v) is 14.4. The van der Waals surface area contributed by atoms with Crippen LogP contribution in [0.5, 0.6) is 5.75 Å². The first-order chi connectivity index (χ1) is 11.1. The molecule has 0 saturated carbocycles. The lowest BCUT2D eigenvalue weighted by Crippen LogP contribution is -3.17. The molecule has 1 unspecified atom stereocenters. The van der Waals surface area contributed by atoms with E-state index in [1.807, 2.05) is 25.1 Å². The van der Waals surface area contributed by atoms with Crippen molar-refractivity contribution in [2.75, 3.05) is 20.2 Å². The lowest BCUT2D eigenvalue weighted by atomic mass is 9.98. The summed E-state index contributed by atoms with van der Waals surface area (Å²) < 4.78 is 5.32. The fraction of sp³-hybridized carbons (Fsp3) is 0.526. The summed E-state index contributed by atoms with van der Waals surface area (Å²) in [6.07, 6.45) is 4.95. The number of likely N-dealkylation sites (tertiary alicyclic amines) is 1. The van der Waals surface area contributed by atoms with Gasteiger partial charge >= 0.3 is 0 Å². The predicted octanol–water partition coefficient (Wildman–Crippen LogP) is 2.52. The number of carbonyl (C=O) groups excluding carboxylic acids is 1. The van der Waals surface area contributed by atoms with Gasteiger partial charge < -0.3 is 14.6 Å². The minimum absolute atomic E-state index is 0.248. The summed E-state index contributed by atoms with van der Waals surface area (Å²) in [5, 5.41) is 0.983. The third kappa shape index (κ3) is 3.13. The zero-order chi connectivity index (χ0) is 16.4. The number of ketones is 1. The molecule has 23 heavy (non-hydrogen) atoms. The Bertz CT molecular complexity index is 705. The number of piperidine rings is 1. The number of aryl methyl sites for hydroxylation is 1. The molecule has 4 nitrogen and oxygen atoms in total. The Morgan fingerprint density at radius 2 is 2.22 bits per heavy atom. The van der Waals surface area contributed by atoms with Gasteiger partial charge in [0.05, 0.1) is 25.3 Å². The number of benzene rings is 1. The molecule has 0 aliphatic carbocycles. The van der Waals surface area contributed by atoms with E-state index in [1.54, 1.807) is 7.11 Å². The Morgan fingerprint density at radius 1 is 1.39 bits per heavy atom. The van der Waals surface area contributed by atoms with E-state index >= 15 is 0 Å². The Kier molecular flexibility index (Phi) is 4.71. The molecule has 2 atom stereocenters. The molecule has 124 valence electrons. The highest BCUT2D eigenvalue weighted by Gasteiger charge is 2.28. The second-order valence-corrected chi connectivity index (χ2v) is 6.65. The maximum atomic E-state index is 13.0. The topological polar surface area (TPSA) is 46.5 Å². The molecule has 4 heteroatoms. The van der Waals surface area contributed by atoms with E-state index in [0.717, 1.165) is 40.9 Å². The summed E-state index contributed by atoms with van der Waals surface area (Å²) in [6, 6.07) is 6.51. The van der Waals surface area contributed by atoms with Crippen molar-refractivity contribution in [3.63, 3.8) is 0 Å². The van der Waals surface area contributed by atoms with Crippen LogP contribution in [0, 0.1) is 6.92 Å². The monoisotopic (exact) mass is 315 g/mol. The minimum atomic E-state index is 0.248. The van der Waals surface area contributed by atoms with Crippen molar-refractivity contribution in [1.82, 2.24) is 4.98 Å². The lowest BCUT2D eigenvalue weighted by molar-refractivity contribution is -0.922. The van der Waals surface area contributed by atoms with Crippen LogP contribution in [0.1, 0.15) is 48.7 Å². The van der Waals surface area contributed by atoms with Crippen molar-refractivity contribution in [2.45, 2.75) is 45.6 Å². The Hall–Kier alpha value is -1.81. The van der Waals surface area contributed by atoms with Crippen molar-refractivity contribution in [3.05, 3.63) is 29.5 Å². The molecule has 1 aliphatic heterocycles. The highest BCUT2D eigenvalue weighted by atomic mass is 16.5. The normalized spacial score (nSPS) is 21.5. The van der Waals surface area contributed by atoms with Gasteiger partial charge in [0.2, 0.25) is 5.78 Å². The third-order valence-electron chi connectivity index (χ3n) is 5.23. The van der Waals surface area contributed by atoms with E-state index in [1.165, 1.54) is 24.2 Å². The summed E-state index contributed by atoms with van der Waals surface area (Å²) >= 11 is 0. The second kappa shape index (κ2) is 6.75. The predicted molar refractivity (Wildman–Crippen MR) is 92.5 cm³/mol. The highest BCUT2D eigenvalue weighted by molar-refractivity contribution is 6.10. The molecule has 1 fully saturated rings. The molecular weight excluding hydrogens is 288 g/mol. The summed E-state index contributed by atoms with van der Waals surface area (Å²) in [4.78, 5) is 17.8. The highest BCUT2D eigenvalue weighted by Crippen LogP contribution is 2.26. The molecule has 1 saturated heterocycles. The SMILES string of the molecule is CC[C@@H]1CCCC[NH+]1CC(=O)c1c(C)[nH]c2ccc(OC)cc12. The van der Waals surface area contributed by atoms with Crippen LogP contribution in [0.3, 0.4) is 0 Å². The van der Waals surface area contributed by atoms with E-state index in [9.17, 15) is 4.79 Å². The van der Waals surface area contributed by atoms with Gasteiger partial charge in [-0.25, -0.2) is 0 Å². The van der Waals surface area contributed by atoms with Gasteiger partial charge in [-0.05, 0) is 50.8 Å². The molecule has 0 radical (unpaired) electrons. The maximum absolute atomic E-state index is 13.0. The van der Waals surface area contributed by atoms with E-state index in [0.29, 0.717) is 12.6 Å². The number of nitrogens with one attached hydrogen (secondary N) is 2. The molecule has 1 aromatic heterocycles. The average molecular weight is 315 g/mol. The first-order valence-electron chi connectivity index (χ1n) is 8.68. The van der Waals surface area contributed by atoms with Crippen LogP contribution in [-0.4, -0.2) is 37.0 Å². The molecule has 0 spiro atoms. The number of aromatic nitrogens is 1. The van der Waals surface area contributed by atoms with Crippen LogP contribution >= 0.6 is 0 Å². The number of methoxy groups -OCH3 is 1. The zero-order valence-electron chi connectivity index (χ0n) is 14.4. The van der Waals surface area contributed by atoms with Crippen molar-refractivity contribution in [2.24, 2.45) is 0 Å². The van der Waals surface area contributed by atoms with Crippen LogP contribution in [-0.2, 0) is 0 Å². The average Bonchev–Trinajstić information content (AvgIpc) is 2.90. The second-order valence-electron chi connectivity index (χ2n) is 6.65. The summed E-state index contributed by atoms with van der Waals surface area (Å²) in [6.45, 7) is 5.95. The van der Waals surface area contributed by atoms with Crippen LogP contribution in [0.15, 0.2) is 18.2 Å². The van der Waals surface area contributed by atoms with Crippen LogP contribution in [0.4, 0.5) is 0 Å². The molecule has 1 aliphatic rings. The number of fused-ring (bicyclic) bond motifs is 1. The maximum Gasteiger partial charge on any atom is 0.219 e. The number of hydrogen-bond donors (Lipinski definition) is 2. The number of hydrogen-bond acceptors (Lipinski definition) is 2. The molecular formula is C19H27N2O2+. The van der Waals surface area contributed by atoms with Gasteiger partial charge in [0.25, 0.3) is 0 Å². The van der Waals surface area contributed by atoms with E-state index in [2.05, 4.69) is 11.9 Å². The summed E-state index contributed by atoms with van der Waals surface area (Å²) in [7, 11) is 1.66. The first kappa shape index (κ1) is 16.1. The number of aromatic amines is 1. The van der Waals surface area contributed by atoms with Crippen molar-refractivity contribution < 1.29 is 14.4 Å². The molecule has 2 aromatic rings. The third-order valence-corrected chi connectivity index (χ3v) is 5.23. The molecule has 0 amide bonds. The Morgan fingerprint density at radius 3 is 2.96 bits per heavy atom. The molecule has 1 aromatic carbocycles. The van der Waals surface area contributed by atoms with Crippen molar-refractivity contribution in [1.29, 1.82) is 0 Å². The quantitative estimate of drug-likeness (QED) is 0.833. The fourth-order valence-corrected chi connectivity index (χ4v) is 3.96. The van der Waals surface area contributed by atoms with Crippen molar-refractivity contribution >= 4 is 16.7 Å². The van der Waals surface area contributed by atoms with Gasteiger partial charge in [0, 0.05) is 16.6 Å². The smallest absolute Gasteiger partial charge is 0.219 e. The Balaban J connectivity index is 1.89. The van der Waals surface area contributed by atoms with E-state index in [-0.39, 0.29) is 5.78 Å². The van der Waals surface area contributed by atoms with Gasteiger partial charge in [-0.1, -0.05) is 6.92 Å². The summed E-state index contributed by atoms with van der Waals surface area (Å²) in [5.41, 5.74) is 2.81. The van der Waals surface area contributed by atoms with Gasteiger partial charge in [0.1, 0.15) is 12.3 Å². The largest absolute Gasteiger partial charge is 0.497 e. The molecule has 2 N–H and O–H groups in total. The van der Waals surface area contributed by atoms with Crippen LogP contribution in [0.25, 0.3) is 10.9 Å². The fourth-order valence-electron chi connectivity index (χ4n) is 3.96. The minimum Gasteiger partial charge on any atom is -0.497 e. The van der Waals surface area contributed by atoms with Gasteiger partial charge in [-0.2, -0.15) is 0 Å². The number of rotatable bonds is 5. The summed E-state index contributed by atoms with van der Waals surface area (Å²) in [5.74, 6) is 1.04. The Labute approximate surface area is 137 Å². The first-order valence-corrected chi connectivity index (χ1v) is 8.68. The van der Waals surface area contributed by atoms with Gasteiger partial charge in [-0.15, -0.1) is 0 Å². The number of ether oxygens (including phenoxy) is 1. The van der Waals surface area contributed by atoms with Crippen molar-refractivity contribution in [3.8, 4) is 5.75 Å². The molecule has 2 heterocycles. The van der Waals surface area contributed by atoms with E-state index in [4.69, 9.17) is 4.74 Å². The van der Waals surface area contributed by atoms with E-state index < -0.39 is 0 Å². The lowest BCUT2D eigenvalue weighted by Gasteiger charge is -2.31. The molecule has 0 bridgehead atoms. The standard InChI is InChI=1S/C19H26N2O2/c1-4-14-7-5-6-10-21(14)12-18(22)19-13(2)20-17-9-8-15(23-3)11-16(17)19/h8-9,11,14,20H,4-7,10,12H2,1-3H3/p+1/t14-/m1/s1. The van der Waals surface area contributed by atoms with Gasteiger partial charge in [-0.3, -0.25) is 4.79 Å².